The van der Waals surface area contributed by atoms with Gasteiger partial charge in [-0.25, -0.2) is 4.98 Å². The fourth-order valence-electron chi connectivity index (χ4n) is 12.5. The molecular weight excluding hydrogens is 1030 g/mol. The third-order valence-corrected chi connectivity index (χ3v) is 19.7. The van der Waals surface area contributed by atoms with Crippen molar-refractivity contribution in [3.05, 3.63) is 319 Å². The predicted octanol–water partition coefficient (Wildman–Crippen LogP) is 19.2. The maximum Gasteiger partial charge on any atom is 0.238 e. The molecule has 0 bridgehead atoms. The first-order valence-electron chi connectivity index (χ1n) is 36.5. The van der Waals surface area contributed by atoms with Crippen LogP contribution in [0.1, 0.15) is 49.7 Å². The van der Waals surface area contributed by atoms with Gasteiger partial charge in [0.2, 0.25) is 5.95 Å². The maximum absolute atomic E-state index is 10.00. The highest BCUT2D eigenvalue weighted by atomic mass is 32.3. The van der Waals surface area contributed by atoms with Crippen LogP contribution in [0, 0.1) is 0 Å². The Labute approximate surface area is 509 Å². The molecule has 0 N–H and O–H groups in total. The van der Waals surface area contributed by atoms with Gasteiger partial charge >= 0.3 is 0 Å². The quantitative estimate of drug-likeness (QED) is 0.152. The number of rotatable bonds is 8. The Balaban J connectivity index is 1.00. The molecule has 1 aliphatic carbocycles. The molecule has 4 heterocycles. The number of fused-ring (bicyclic) bond motifs is 15. The van der Waals surface area contributed by atoms with E-state index >= 15 is 0 Å². The van der Waals surface area contributed by atoms with Crippen molar-refractivity contribution in [2.45, 2.75) is 25.0 Å². The van der Waals surface area contributed by atoms with Crippen molar-refractivity contribution >= 4 is 53.6 Å². The Kier molecular flexibility index (Phi) is 6.99. The van der Waals surface area contributed by atoms with Gasteiger partial charge < -0.3 is 9.30 Å². The molecule has 390 valence electrons. The Morgan fingerprint density at radius 1 is 0.349 bits per heavy atom. The number of hydrogen-bond donors (Lipinski definition) is 0. The van der Waals surface area contributed by atoms with Crippen LogP contribution in [0.5, 0.6) is 11.5 Å². The average molecular weight is 1100 g/mol. The van der Waals surface area contributed by atoms with Gasteiger partial charge in [-0.2, -0.15) is 9.97 Å². The van der Waals surface area contributed by atoms with E-state index in [9.17, 15) is 16.4 Å². The smallest absolute Gasteiger partial charge is 0.238 e. The standard InChI is InChI=1S/C76H49N5OS/c1-3-25-51(26-4-1)83(52-27-5-2-6-28-52,54-46-47-65-72(49-54)82-71-45-22-16-39-64(71)76(65)62-37-14-7-30-55(62)56-31-8-15-38-63(56)76)53-29-23-24-50(48-53)73-77-74(79-75(78-73)81-68-42-19-11-34-59(68)60-35-12-20-43-69(60)81)61-36-13-21-44-70(61)80-66-40-17-9-32-57(66)58-33-10-18-41-67(58)80/h1-49H/i9D,10D,11D,12D,13D,17D,18D,19D,20D,21D,32D,33D,34D,35D,36D,40D,41D,42D,43D,44D. The zero-order valence-corrected chi connectivity index (χ0v) is 44.1. The predicted molar refractivity (Wildman–Crippen MR) is 337 cm³/mol. The first kappa shape index (κ1) is 31.4. The Hall–Kier alpha value is -10.6. The fraction of sp³-hybridized carbons (Fsp3) is 0.0132. The van der Waals surface area contributed by atoms with Crippen LogP contribution in [0.15, 0.2) is 316 Å². The van der Waals surface area contributed by atoms with Crippen molar-refractivity contribution in [2.24, 2.45) is 0 Å². The fourth-order valence-corrected chi connectivity index (χ4v) is 16.4. The van der Waals surface area contributed by atoms with E-state index in [0.717, 1.165) is 57.2 Å². The highest BCUT2D eigenvalue weighted by molar-refractivity contribution is 8.34. The maximum atomic E-state index is 10.00. The molecule has 0 saturated carbocycles. The SMILES string of the molecule is [2H]c1c([2H])c([2H])c(-n2c3c([2H])c([2H])c([2H])c([2H])c3c3c([2H])c([2H])c([2H])c([2H])c32)c(-c2nc(-c3cccc(S(c4ccccc4)(c4ccccc4)c4ccc5c(c4)Oc4ccccc4C54c5ccccc5-c5ccccc54)c3)nc(-n3c4c([2H])c([2H])c([2H])c([2H])c4c4c([2H])c([2H])c([2H])c([2H])c43)n2)c1[2H]. The molecule has 0 saturated heterocycles. The Bertz CT molecular complexity index is 6090. The second-order valence-electron chi connectivity index (χ2n) is 19.9. The van der Waals surface area contributed by atoms with E-state index in [4.69, 9.17) is 30.7 Å². The number of aromatic nitrogens is 5. The molecule has 6 nitrogen and oxygen atoms in total. The highest BCUT2D eigenvalue weighted by Crippen LogP contribution is 2.75. The van der Waals surface area contributed by atoms with E-state index in [-0.39, 0.29) is 22.2 Å². The molecule has 3 aromatic heterocycles. The summed E-state index contributed by atoms with van der Waals surface area (Å²) in [5.74, 6) is -0.292. The van der Waals surface area contributed by atoms with Crippen LogP contribution in [-0.4, -0.2) is 24.1 Å². The monoisotopic (exact) mass is 1100 g/mol. The summed E-state index contributed by atoms with van der Waals surface area (Å²) in [7, 11) is -2.80. The van der Waals surface area contributed by atoms with Crippen molar-refractivity contribution in [3.63, 3.8) is 0 Å². The average Bonchev–Trinajstić information content (AvgIpc) is 1.57. The van der Waals surface area contributed by atoms with Gasteiger partial charge in [-0.1, -0.05) is 206 Å². The van der Waals surface area contributed by atoms with Crippen LogP contribution in [0.2, 0.25) is 0 Å². The summed E-state index contributed by atoms with van der Waals surface area (Å²) in [6.45, 7) is 0. The third-order valence-electron chi connectivity index (χ3n) is 15.8. The Morgan fingerprint density at radius 3 is 1.43 bits per heavy atom. The molecule has 0 unspecified atom stereocenters. The van der Waals surface area contributed by atoms with Crippen LogP contribution in [-0.2, 0) is 5.41 Å². The lowest BCUT2D eigenvalue weighted by Gasteiger charge is -2.44. The minimum Gasteiger partial charge on any atom is -0.457 e. The first-order chi connectivity index (χ1) is 49.5. The number of benzene rings is 12. The van der Waals surface area contributed by atoms with E-state index in [1.807, 2.05) is 103 Å². The van der Waals surface area contributed by atoms with Crippen LogP contribution in [0.4, 0.5) is 0 Å². The summed E-state index contributed by atoms with van der Waals surface area (Å²) < 4.78 is 194. The van der Waals surface area contributed by atoms with Gasteiger partial charge in [-0.05, 0) is 113 Å². The summed E-state index contributed by atoms with van der Waals surface area (Å²) in [6, 6.07) is 42.6. The van der Waals surface area contributed by atoms with Crippen molar-refractivity contribution in [2.75, 3.05) is 0 Å². The van der Waals surface area contributed by atoms with Gasteiger partial charge in [0, 0.05) is 63.4 Å². The topological polar surface area (TPSA) is 57.8 Å². The van der Waals surface area contributed by atoms with Gasteiger partial charge in [0.05, 0.1) is 60.6 Å². The number of hydrogen-bond acceptors (Lipinski definition) is 4. The molecular formula is C76H49N5OS. The summed E-state index contributed by atoms with van der Waals surface area (Å²) in [5, 5.41) is -1.53. The van der Waals surface area contributed by atoms with Gasteiger partial charge in [0.1, 0.15) is 11.5 Å². The zero-order valence-electron chi connectivity index (χ0n) is 63.3. The molecule has 2 aliphatic rings. The molecule has 1 spiro atoms. The van der Waals surface area contributed by atoms with Crippen molar-refractivity contribution in [3.8, 4) is 57.0 Å². The lowest BCUT2D eigenvalue weighted by molar-refractivity contribution is 0.435. The zero-order chi connectivity index (χ0) is 72.0. The van der Waals surface area contributed by atoms with E-state index in [1.165, 1.54) is 0 Å². The summed E-state index contributed by atoms with van der Waals surface area (Å²) >= 11 is 0. The van der Waals surface area contributed by atoms with E-state index < -0.39 is 192 Å². The highest BCUT2D eigenvalue weighted by Gasteiger charge is 2.51. The van der Waals surface area contributed by atoms with Gasteiger partial charge in [-0.3, -0.25) is 4.57 Å². The van der Waals surface area contributed by atoms with Crippen LogP contribution < -0.4 is 4.74 Å². The van der Waals surface area contributed by atoms with Gasteiger partial charge in [-0.15, -0.1) is 10.0 Å². The minimum atomic E-state index is -2.80. The van der Waals surface area contributed by atoms with E-state index in [1.54, 1.807) is 12.1 Å². The minimum absolute atomic E-state index is 0.194. The number of para-hydroxylation sites is 6. The van der Waals surface area contributed by atoms with Crippen molar-refractivity contribution < 1.29 is 32.2 Å². The molecule has 7 heteroatoms. The van der Waals surface area contributed by atoms with Crippen LogP contribution in [0.25, 0.3) is 89.2 Å². The first-order valence-corrected chi connectivity index (χ1v) is 28.2. The normalized spacial score (nSPS) is 16.6. The van der Waals surface area contributed by atoms with Gasteiger partial charge in [0.15, 0.2) is 11.6 Å². The molecule has 83 heavy (non-hydrogen) atoms. The number of ether oxygens (including phenoxy) is 1. The number of nitrogens with zero attached hydrogens (tertiary/aromatic N) is 5. The molecule has 0 radical (unpaired) electrons. The lowest BCUT2D eigenvalue weighted by atomic mass is 9.66. The lowest BCUT2D eigenvalue weighted by Crippen LogP contribution is -2.32. The second-order valence-corrected chi connectivity index (χ2v) is 23.0. The molecule has 1 aliphatic heterocycles. The summed E-state index contributed by atoms with van der Waals surface area (Å²) in [6.07, 6.45) is 0. The largest absolute Gasteiger partial charge is 0.457 e. The van der Waals surface area contributed by atoms with Crippen molar-refractivity contribution in [1.29, 1.82) is 0 Å². The summed E-state index contributed by atoms with van der Waals surface area (Å²) in [5.41, 5.74) is 2.44. The molecule has 15 aromatic rings. The van der Waals surface area contributed by atoms with E-state index in [2.05, 4.69) is 60.7 Å². The van der Waals surface area contributed by atoms with Crippen LogP contribution in [0.3, 0.4) is 0 Å². The Morgan fingerprint density at radius 2 is 0.819 bits per heavy atom. The van der Waals surface area contributed by atoms with Gasteiger partial charge in [0.25, 0.3) is 0 Å². The summed E-state index contributed by atoms with van der Waals surface area (Å²) in [4.78, 5) is 18.4. The molecule has 12 aromatic carbocycles. The molecule has 0 amide bonds. The van der Waals surface area contributed by atoms with Crippen molar-refractivity contribution in [1.82, 2.24) is 24.1 Å². The molecule has 0 fully saturated rings. The van der Waals surface area contributed by atoms with Crippen LogP contribution >= 0.6 is 10.0 Å². The third kappa shape index (κ3) is 6.83. The molecule has 0 atom stereocenters. The van der Waals surface area contributed by atoms with E-state index in [0.29, 0.717) is 16.4 Å². The molecule has 17 rings (SSSR count). The second kappa shape index (κ2) is 18.5.